The first-order chi connectivity index (χ1) is 14.6. The predicted octanol–water partition coefficient (Wildman–Crippen LogP) is 5.09. The predicted molar refractivity (Wildman–Crippen MR) is 113 cm³/mol. The van der Waals surface area contributed by atoms with E-state index in [9.17, 15) is 9.18 Å². The van der Waals surface area contributed by atoms with Crippen LogP contribution < -0.4 is 10.6 Å². The molecule has 7 heteroatoms. The minimum atomic E-state index is -0.412. The molecule has 0 saturated heterocycles. The van der Waals surface area contributed by atoms with Crippen LogP contribution in [0.1, 0.15) is 18.7 Å². The lowest BCUT2D eigenvalue weighted by Crippen LogP contribution is -2.24. The normalized spacial score (nSPS) is 11.8. The van der Waals surface area contributed by atoms with Crippen LogP contribution in [0.5, 0.6) is 0 Å². The maximum Gasteiger partial charge on any atom is 0.248 e. The monoisotopic (exact) mass is 404 g/mol. The van der Waals surface area contributed by atoms with Crippen LogP contribution >= 0.6 is 0 Å². The van der Waals surface area contributed by atoms with Gasteiger partial charge in [-0.3, -0.25) is 9.48 Å². The number of hydrogen-bond acceptors (Lipinski definition) is 4. The van der Waals surface area contributed by atoms with Crippen molar-refractivity contribution < 1.29 is 13.6 Å². The molecule has 4 rings (SSSR count). The highest BCUT2D eigenvalue weighted by Gasteiger charge is 2.15. The Morgan fingerprint density at radius 2 is 1.90 bits per heavy atom. The van der Waals surface area contributed by atoms with Gasteiger partial charge < -0.3 is 15.1 Å². The first-order valence-corrected chi connectivity index (χ1v) is 9.57. The van der Waals surface area contributed by atoms with E-state index in [0.29, 0.717) is 18.0 Å². The summed E-state index contributed by atoms with van der Waals surface area (Å²) >= 11 is 0. The van der Waals surface area contributed by atoms with Gasteiger partial charge in [0.2, 0.25) is 5.91 Å². The van der Waals surface area contributed by atoms with Gasteiger partial charge in [-0.2, -0.15) is 5.10 Å². The highest BCUT2D eigenvalue weighted by atomic mass is 19.1. The topological polar surface area (TPSA) is 72.1 Å². The summed E-state index contributed by atoms with van der Waals surface area (Å²) in [5.74, 6) is 1.00. The molecule has 0 aliphatic rings. The standard InChI is InChI=1S/C23H21FN4O2/c1-16(28-13-3-12-26-28)23(29)27-20-5-2-4-19(14-20)25-15-21-10-11-22(30-21)17-6-8-18(24)9-7-17/h2-14,16,25H,15H2,1H3,(H,27,29). The summed E-state index contributed by atoms with van der Waals surface area (Å²) in [7, 11) is 0. The van der Waals surface area contributed by atoms with Gasteiger partial charge in [0.1, 0.15) is 23.4 Å². The number of furan rings is 1. The molecule has 1 atom stereocenters. The van der Waals surface area contributed by atoms with Crippen molar-refractivity contribution in [2.45, 2.75) is 19.5 Å². The largest absolute Gasteiger partial charge is 0.459 e. The van der Waals surface area contributed by atoms with Gasteiger partial charge in [-0.1, -0.05) is 6.07 Å². The van der Waals surface area contributed by atoms with Crippen LogP contribution in [-0.2, 0) is 11.3 Å². The highest BCUT2D eigenvalue weighted by molar-refractivity contribution is 5.93. The second-order valence-electron chi connectivity index (χ2n) is 6.86. The Bertz CT molecular complexity index is 1120. The molecule has 4 aromatic rings. The van der Waals surface area contributed by atoms with Crippen molar-refractivity contribution in [2.75, 3.05) is 10.6 Å². The number of hydrogen-bond donors (Lipinski definition) is 2. The molecule has 6 nitrogen and oxygen atoms in total. The average Bonchev–Trinajstić information content (AvgIpc) is 3.45. The van der Waals surface area contributed by atoms with E-state index >= 15 is 0 Å². The molecule has 0 spiro atoms. The number of rotatable bonds is 7. The van der Waals surface area contributed by atoms with Crippen molar-refractivity contribution in [1.29, 1.82) is 0 Å². The molecule has 2 aromatic carbocycles. The fourth-order valence-corrected chi connectivity index (χ4v) is 3.01. The van der Waals surface area contributed by atoms with Crippen molar-refractivity contribution in [3.8, 4) is 11.3 Å². The van der Waals surface area contributed by atoms with Crippen molar-refractivity contribution in [3.63, 3.8) is 0 Å². The first-order valence-electron chi connectivity index (χ1n) is 9.57. The lowest BCUT2D eigenvalue weighted by atomic mass is 10.2. The average molecular weight is 404 g/mol. The molecule has 2 N–H and O–H groups in total. The molecule has 152 valence electrons. The maximum absolute atomic E-state index is 13.1. The minimum Gasteiger partial charge on any atom is -0.459 e. The van der Waals surface area contributed by atoms with Crippen LogP contribution in [0.3, 0.4) is 0 Å². The zero-order valence-corrected chi connectivity index (χ0v) is 16.4. The molecule has 0 radical (unpaired) electrons. The van der Waals surface area contributed by atoms with Crippen molar-refractivity contribution in [2.24, 2.45) is 0 Å². The van der Waals surface area contributed by atoms with E-state index < -0.39 is 6.04 Å². The third kappa shape index (κ3) is 4.57. The van der Waals surface area contributed by atoms with Gasteiger partial charge in [-0.15, -0.1) is 0 Å². The van der Waals surface area contributed by atoms with Crippen LogP contribution in [0, 0.1) is 5.82 Å². The van der Waals surface area contributed by atoms with Crippen LogP contribution in [0.4, 0.5) is 15.8 Å². The number of amides is 1. The molecule has 0 saturated carbocycles. The van der Waals surface area contributed by atoms with E-state index in [4.69, 9.17) is 4.42 Å². The van der Waals surface area contributed by atoms with E-state index in [1.54, 1.807) is 42.2 Å². The third-order valence-corrected chi connectivity index (χ3v) is 4.69. The summed E-state index contributed by atoms with van der Waals surface area (Å²) in [6.45, 7) is 2.27. The zero-order valence-electron chi connectivity index (χ0n) is 16.4. The number of carbonyl (C=O) groups is 1. The lowest BCUT2D eigenvalue weighted by molar-refractivity contribution is -0.119. The molecule has 0 aliphatic heterocycles. The molecule has 1 unspecified atom stereocenters. The van der Waals surface area contributed by atoms with E-state index in [1.807, 2.05) is 36.4 Å². The van der Waals surface area contributed by atoms with E-state index in [-0.39, 0.29) is 11.7 Å². The van der Waals surface area contributed by atoms with Gasteiger partial charge in [0, 0.05) is 29.3 Å². The highest BCUT2D eigenvalue weighted by Crippen LogP contribution is 2.23. The van der Waals surface area contributed by atoms with Gasteiger partial charge in [0.15, 0.2) is 0 Å². The summed E-state index contributed by atoms with van der Waals surface area (Å²) in [4.78, 5) is 12.4. The summed E-state index contributed by atoms with van der Waals surface area (Å²) in [5, 5.41) is 10.3. The van der Waals surface area contributed by atoms with Gasteiger partial charge >= 0.3 is 0 Å². The van der Waals surface area contributed by atoms with Crippen LogP contribution in [0.15, 0.2) is 83.5 Å². The number of aromatic nitrogens is 2. The Morgan fingerprint density at radius 3 is 2.67 bits per heavy atom. The van der Waals surface area contributed by atoms with E-state index in [2.05, 4.69) is 15.7 Å². The van der Waals surface area contributed by atoms with Crippen LogP contribution in [0.25, 0.3) is 11.3 Å². The Morgan fingerprint density at radius 1 is 1.10 bits per heavy atom. The Kier molecular flexibility index (Phi) is 5.61. The van der Waals surface area contributed by atoms with Crippen molar-refractivity contribution in [1.82, 2.24) is 9.78 Å². The second-order valence-corrected chi connectivity index (χ2v) is 6.86. The Balaban J connectivity index is 1.37. The van der Waals surface area contributed by atoms with Gasteiger partial charge in [-0.25, -0.2) is 4.39 Å². The van der Waals surface area contributed by atoms with Crippen molar-refractivity contribution in [3.05, 3.63) is 90.7 Å². The Hall–Kier alpha value is -3.87. The number of nitrogens with one attached hydrogen (secondary N) is 2. The summed E-state index contributed by atoms with van der Waals surface area (Å²) in [5.41, 5.74) is 2.35. The summed E-state index contributed by atoms with van der Waals surface area (Å²) in [6.07, 6.45) is 3.40. The molecule has 30 heavy (non-hydrogen) atoms. The molecule has 2 heterocycles. The number of nitrogens with zero attached hydrogens (tertiary/aromatic N) is 2. The minimum absolute atomic E-state index is 0.147. The van der Waals surface area contributed by atoms with Gasteiger partial charge in [0.25, 0.3) is 0 Å². The Labute approximate surface area is 173 Å². The zero-order chi connectivity index (χ0) is 20.9. The summed E-state index contributed by atoms with van der Waals surface area (Å²) in [6, 6.07) is 18.7. The fourth-order valence-electron chi connectivity index (χ4n) is 3.01. The number of anilines is 2. The smallest absolute Gasteiger partial charge is 0.248 e. The SMILES string of the molecule is CC(C(=O)Nc1cccc(NCc2ccc(-c3ccc(F)cc3)o2)c1)n1cccn1. The second kappa shape index (κ2) is 8.65. The van der Waals surface area contributed by atoms with Crippen LogP contribution in [0.2, 0.25) is 0 Å². The molecular weight excluding hydrogens is 383 g/mol. The van der Waals surface area contributed by atoms with Gasteiger partial charge in [0.05, 0.1) is 6.54 Å². The number of benzene rings is 2. The molecule has 0 aliphatic carbocycles. The summed E-state index contributed by atoms with van der Waals surface area (Å²) < 4.78 is 20.5. The van der Waals surface area contributed by atoms with Gasteiger partial charge in [-0.05, 0) is 67.6 Å². The first kappa shape index (κ1) is 19.4. The molecule has 1 amide bonds. The van der Waals surface area contributed by atoms with E-state index in [0.717, 1.165) is 17.0 Å². The molecule has 0 bridgehead atoms. The van der Waals surface area contributed by atoms with E-state index in [1.165, 1.54) is 12.1 Å². The van der Waals surface area contributed by atoms with Crippen molar-refractivity contribution >= 4 is 17.3 Å². The lowest BCUT2D eigenvalue weighted by Gasteiger charge is -2.13. The number of halogens is 1. The fraction of sp³-hybridized carbons (Fsp3) is 0.130. The quantitative estimate of drug-likeness (QED) is 0.450. The third-order valence-electron chi connectivity index (χ3n) is 4.69. The molecular formula is C23H21FN4O2. The maximum atomic E-state index is 13.1. The number of carbonyl (C=O) groups excluding carboxylic acids is 1. The van der Waals surface area contributed by atoms with Crippen LogP contribution in [-0.4, -0.2) is 15.7 Å². The molecule has 0 fully saturated rings. The molecule has 2 aromatic heterocycles.